The standard InChI is InChI=1S/C14H16N2O4S/c1-10(17)12-3-5-14(6-4-12)21(18,19)15-8-7-13-9-20-11(2)16-13/h3-6,9,15H,7-8H2,1-2H3. The third kappa shape index (κ3) is 3.99. The third-order valence-electron chi connectivity index (χ3n) is 2.91. The number of aryl methyl sites for hydroxylation is 1. The second-order valence-electron chi connectivity index (χ2n) is 4.59. The van der Waals surface area contributed by atoms with Crippen LogP contribution in [-0.2, 0) is 16.4 Å². The molecule has 0 aliphatic heterocycles. The van der Waals surface area contributed by atoms with E-state index in [0.717, 1.165) is 0 Å². The van der Waals surface area contributed by atoms with E-state index in [1.54, 1.807) is 6.92 Å². The van der Waals surface area contributed by atoms with Crippen molar-refractivity contribution in [1.29, 1.82) is 0 Å². The molecule has 1 heterocycles. The first-order valence-corrected chi connectivity index (χ1v) is 7.88. The largest absolute Gasteiger partial charge is 0.449 e. The Labute approximate surface area is 123 Å². The highest BCUT2D eigenvalue weighted by Gasteiger charge is 2.14. The molecular formula is C14H16N2O4S. The molecule has 0 atom stereocenters. The lowest BCUT2D eigenvalue weighted by Crippen LogP contribution is -2.26. The Balaban J connectivity index is 1.99. The molecule has 0 aliphatic carbocycles. The van der Waals surface area contributed by atoms with Crippen molar-refractivity contribution in [2.75, 3.05) is 6.54 Å². The Bertz CT molecular complexity index is 733. The Morgan fingerprint density at radius 2 is 1.95 bits per heavy atom. The average Bonchev–Trinajstić information content (AvgIpc) is 2.84. The molecule has 6 nitrogen and oxygen atoms in total. The first-order chi connectivity index (χ1) is 9.88. The molecule has 2 rings (SSSR count). The number of oxazole rings is 1. The van der Waals surface area contributed by atoms with Crippen LogP contribution in [0.5, 0.6) is 0 Å². The highest BCUT2D eigenvalue weighted by Crippen LogP contribution is 2.11. The molecule has 0 amide bonds. The predicted molar refractivity (Wildman–Crippen MR) is 76.6 cm³/mol. The SMILES string of the molecule is CC(=O)c1ccc(S(=O)(=O)NCCc2coc(C)n2)cc1. The van der Waals surface area contributed by atoms with Gasteiger partial charge in [0.05, 0.1) is 10.6 Å². The molecule has 0 bridgehead atoms. The summed E-state index contributed by atoms with van der Waals surface area (Å²) < 4.78 is 31.7. The van der Waals surface area contributed by atoms with Crippen LogP contribution in [0, 0.1) is 6.92 Å². The lowest BCUT2D eigenvalue weighted by molar-refractivity contribution is 0.101. The van der Waals surface area contributed by atoms with Gasteiger partial charge in [0.25, 0.3) is 0 Å². The fraction of sp³-hybridized carbons (Fsp3) is 0.286. The van der Waals surface area contributed by atoms with Crippen molar-refractivity contribution >= 4 is 15.8 Å². The highest BCUT2D eigenvalue weighted by atomic mass is 32.2. The summed E-state index contributed by atoms with van der Waals surface area (Å²) in [4.78, 5) is 15.4. The molecule has 1 N–H and O–H groups in total. The smallest absolute Gasteiger partial charge is 0.240 e. The summed E-state index contributed by atoms with van der Waals surface area (Å²) in [7, 11) is -3.59. The van der Waals surface area contributed by atoms with Crippen LogP contribution in [0.15, 0.2) is 39.8 Å². The van der Waals surface area contributed by atoms with E-state index in [2.05, 4.69) is 9.71 Å². The summed E-state index contributed by atoms with van der Waals surface area (Å²) in [5, 5.41) is 0. The number of sulfonamides is 1. The maximum Gasteiger partial charge on any atom is 0.240 e. The quantitative estimate of drug-likeness (QED) is 0.821. The summed E-state index contributed by atoms with van der Waals surface area (Å²) in [5.74, 6) is 0.445. The van der Waals surface area contributed by atoms with E-state index in [-0.39, 0.29) is 17.2 Å². The Hall–Kier alpha value is -1.99. The highest BCUT2D eigenvalue weighted by molar-refractivity contribution is 7.89. The van der Waals surface area contributed by atoms with Gasteiger partial charge in [0.1, 0.15) is 6.26 Å². The summed E-state index contributed by atoms with van der Waals surface area (Å²) in [6.07, 6.45) is 1.95. The van der Waals surface area contributed by atoms with E-state index in [4.69, 9.17) is 4.42 Å². The van der Waals surface area contributed by atoms with E-state index >= 15 is 0 Å². The predicted octanol–water partition coefficient (Wildman–Crippen LogP) is 1.71. The van der Waals surface area contributed by atoms with Crippen LogP contribution in [0.4, 0.5) is 0 Å². The number of carbonyl (C=O) groups excluding carboxylic acids is 1. The maximum atomic E-state index is 12.1. The van der Waals surface area contributed by atoms with Crippen LogP contribution < -0.4 is 4.72 Å². The van der Waals surface area contributed by atoms with Gasteiger partial charge >= 0.3 is 0 Å². The van der Waals surface area contributed by atoms with E-state index in [9.17, 15) is 13.2 Å². The summed E-state index contributed by atoms with van der Waals surface area (Å²) in [6.45, 7) is 3.38. The molecule has 21 heavy (non-hydrogen) atoms. The molecule has 0 aliphatic rings. The molecule has 0 unspecified atom stereocenters. The summed E-state index contributed by atoms with van der Waals surface area (Å²) in [5.41, 5.74) is 1.18. The molecule has 0 fully saturated rings. The number of hydrogen-bond donors (Lipinski definition) is 1. The minimum atomic E-state index is -3.59. The number of benzene rings is 1. The second-order valence-corrected chi connectivity index (χ2v) is 6.35. The van der Waals surface area contributed by atoms with Gasteiger partial charge in [-0.1, -0.05) is 12.1 Å². The van der Waals surface area contributed by atoms with Gasteiger partial charge in [-0.15, -0.1) is 0 Å². The van der Waals surface area contributed by atoms with Gasteiger partial charge in [0.2, 0.25) is 10.0 Å². The summed E-state index contributed by atoms with van der Waals surface area (Å²) in [6, 6.07) is 5.83. The molecule has 112 valence electrons. The molecular weight excluding hydrogens is 292 g/mol. The monoisotopic (exact) mass is 308 g/mol. The molecule has 0 spiro atoms. The van der Waals surface area contributed by atoms with Gasteiger partial charge in [-0.2, -0.15) is 0 Å². The molecule has 2 aromatic rings. The Morgan fingerprint density at radius 3 is 2.48 bits per heavy atom. The molecule has 0 saturated carbocycles. The molecule has 0 saturated heterocycles. The average molecular weight is 308 g/mol. The van der Waals surface area contributed by atoms with Crippen molar-refractivity contribution in [3.05, 3.63) is 47.7 Å². The Morgan fingerprint density at radius 1 is 1.29 bits per heavy atom. The number of aromatic nitrogens is 1. The fourth-order valence-electron chi connectivity index (χ4n) is 1.79. The van der Waals surface area contributed by atoms with Gasteiger partial charge in [-0.3, -0.25) is 4.79 Å². The molecule has 7 heteroatoms. The molecule has 1 aromatic heterocycles. The van der Waals surface area contributed by atoms with E-state index in [0.29, 0.717) is 23.6 Å². The zero-order valence-electron chi connectivity index (χ0n) is 11.8. The summed E-state index contributed by atoms with van der Waals surface area (Å²) >= 11 is 0. The number of hydrogen-bond acceptors (Lipinski definition) is 5. The van der Waals surface area contributed by atoms with Crippen molar-refractivity contribution in [2.45, 2.75) is 25.2 Å². The van der Waals surface area contributed by atoms with Gasteiger partial charge in [0.15, 0.2) is 11.7 Å². The van der Waals surface area contributed by atoms with Crippen molar-refractivity contribution in [2.24, 2.45) is 0 Å². The van der Waals surface area contributed by atoms with Crippen LogP contribution in [0.1, 0.15) is 28.9 Å². The fourth-order valence-corrected chi connectivity index (χ4v) is 2.82. The minimum absolute atomic E-state index is 0.103. The van der Waals surface area contributed by atoms with Crippen molar-refractivity contribution < 1.29 is 17.6 Å². The van der Waals surface area contributed by atoms with Crippen LogP contribution in [0.25, 0.3) is 0 Å². The lowest BCUT2D eigenvalue weighted by Gasteiger charge is -2.06. The van der Waals surface area contributed by atoms with Crippen molar-refractivity contribution in [1.82, 2.24) is 9.71 Å². The van der Waals surface area contributed by atoms with Crippen molar-refractivity contribution in [3.63, 3.8) is 0 Å². The van der Waals surface area contributed by atoms with Crippen LogP contribution in [-0.4, -0.2) is 25.7 Å². The van der Waals surface area contributed by atoms with E-state index < -0.39 is 10.0 Å². The van der Waals surface area contributed by atoms with Gasteiger partial charge < -0.3 is 4.42 Å². The van der Waals surface area contributed by atoms with Gasteiger partial charge in [0, 0.05) is 25.5 Å². The van der Waals surface area contributed by atoms with Crippen LogP contribution in [0.2, 0.25) is 0 Å². The van der Waals surface area contributed by atoms with E-state index in [1.807, 2.05) is 0 Å². The zero-order valence-corrected chi connectivity index (χ0v) is 12.6. The minimum Gasteiger partial charge on any atom is -0.449 e. The van der Waals surface area contributed by atoms with Gasteiger partial charge in [-0.05, 0) is 19.1 Å². The number of nitrogens with zero attached hydrogens (tertiary/aromatic N) is 1. The number of carbonyl (C=O) groups is 1. The second kappa shape index (κ2) is 6.19. The van der Waals surface area contributed by atoms with Crippen LogP contribution >= 0.6 is 0 Å². The molecule has 1 aromatic carbocycles. The molecule has 0 radical (unpaired) electrons. The normalized spacial score (nSPS) is 11.5. The van der Waals surface area contributed by atoms with Crippen LogP contribution in [0.3, 0.4) is 0 Å². The first-order valence-electron chi connectivity index (χ1n) is 6.40. The maximum absolute atomic E-state index is 12.1. The number of ketones is 1. The third-order valence-corrected chi connectivity index (χ3v) is 4.39. The first kappa shape index (κ1) is 15.4. The number of rotatable bonds is 6. The topological polar surface area (TPSA) is 89.3 Å². The Kier molecular flexibility index (Phi) is 4.54. The zero-order chi connectivity index (χ0) is 15.5. The number of Topliss-reactive ketones (excluding diaryl/α,β-unsaturated/α-hetero) is 1. The lowest BCUT2D eigenvalue weighted by atomic mass is 10.2. The van der Waals surface area contributed by atoms with Crippen molar-refractivity contribution in [3.8, 4) is 0 Å². The van der Waals surface area contributed by atoms with E-state index in [1.165, 1.54) is 37.5 Å². The number of nitrogens with one attached hydrogen (secondary N) is 1. The van der Waals surface area contributed by atoms with Gasteiger partial charge in [-0.25, -0.2) is 18.1 Å².